The maximum absolute atomic E-state index is 12.1. The Balaban J connectivity index is 1.35. The number of likely N-dealkylation sites (tertiary alicyclic amines) is 1. The van der Waals surface area contributed by atoms with Crippen molar-refractivity contribution in [2.24, 2.45) is 13.0 Å². The van der Waals surface area contributed by atoms with E-state index in [-0.39, 0.29) is 11.7 Å². The average Bonchev–Trinajstić information content (AvgIpc) is 3.22. The van der Waals surface area contributed by atoms with Gasteiger partial charge in [0.2, 0.25) is 0 Å². The van der Waals surface area contributed by atoms with E-state index < -0.39 is 6.10 Å². The molecule has 1 fully saturated rings. The van der Waals surface area contributed by atoms with Crippen LogP contribution in [0.1, 0.15) is 24.8 Å². The second-order valence-corrected chi connectivity index (χ2v) is 7.01. The van der Waals surface area contributed by atoms with Gasteiger partial charge in [-0.3, -0.25) is 4.57 Å². The quantitative estimate of drug-likeness (QED) is 0.754. The third-order valence-electron chi connectivity index (χ3n) is 5.42. The molecule has 7 nitrogen and oxygen atoms in total. The Morgan fingerprint density at radius 3 is 2.77 bits per heavy atom. The van der Waals surface area contributed by atoms with Gasteiger partial charge in [-0.15, -0.1) is 0 Å². The maximum Gasteiger partial charge on any atom is 0.419 e. The van der Waals surface area contributed by atoms with Gasteiger partial charge in [0.25, 0.3) is 0 Å². The number of imidazole rings is 1. The first-order valence-corrected chi connectivity index (χ1v) is 9.09. The van der Waals surface area contributed by atoms with E-state index in [4.69, 9.17) is 4.42 Å². The number of aryl methyl sites for hydroxylation is 1. The van der Waals surface area contributed by atoms with Crippen LogP contribution in [0.5, 0.6) is 0 Å². The van der Waals surface area contributed by atoms with E-state index in [0.717, 1.165) is 43.8 Å². The number of hydrogen-bond acceptors (Lipinski definition) is 5. The summed E-state index contributed by atoms with van der Waals surface area (Å²) in [6, 6.07) is 7.51. The van der Waals surface area contributed by atoms with Crippen molar-refractivity contribution in [1.29, 1.82) is 0 Å². The van der Waals surface area contributed by atoms with Crippen LogP contribution in [0.25, 0.3) is 11.1 Å². The van der Waals surface area contributed by atoms with Crippen LogP contribution < -0.4 is 5.76 Å². The van der Waals surface area contributed by atoms with Gasteiger partial charge in [-0.1, -0.05) is 12.1 Å². The second-order valence-electron chi connectivity index (χ2n) is 7.01. The van der Waals surface area contributed by atoms with Crippen molar-refractivity contribution in [3.63, 3.8) is 0 Å². The molecule has 1 aliphatic rings. The maximum atomic E-state index is 12.1. The summed E-state index contributed by atoms with van der Waals surface area (Å²) in [7, 11) is 1.91. The molecule has 3 aromatic rings. The molecule has 2 aromatic heterocycles. The van der Waals surface area contributed by atoms with Gasteiger partial charge in [-0.05, 0) is 44.0 Å². The molecular formula is C19H24N4O3. The first-order chi connectivity index (χ1) is 12.6. The standard InChI is InChI=1S/C19H24N4O3/c1-21-11-8-20-18(21)17(24)14-6-9-22(10-7-14)12-13-23-15-4-2-3-5-16(15)26-19(23)25/h2-5,8,11,14,17,24H,6-7,9-10,12-13H2,1H3/t17-/m1/s1. The lowest BCUT2D eigenvalue weighted by Gasteiger charge is -2.33. The van der Waals surface area contributed by atoms with Crippen molar-refractivity contribution in [3.8, 4) is 0 Å². The van der Waals surface area contributed by atoms with Crippen molar-refractivity contribution in [2.75, 3.05) is 19.6 Å². The summed E-state index contributed by atoms with van der Waals surface area (Å²) in [5.41, 5.74) is 1.48. The van der Waals surface area contributed by atoms with Gasteiger partial charge < -0.3 is 19.0 Å². The molecule has 0 saturated carbocycles. The molecule has 1 N–H and O–H groups in total. The lowest BCUT2D eigenvalue weighted by Crippen LogP contribution is -2.38. The number of rotatable bonds is 5. The van der Waals surface area contributed by atoms with Gasteiger partial charge in [-0.2, -0.15) is 0 Å². The number of benzene rings is 1. The van der Waals surface area contributed by atoms with E-state index in [0.29, 0.717) is 12.1 Å². The Morgan fingerprint density at radius 2 is 2.04 bits per heavy atom. The molecule has 1 atom stereocenters. The van der Waals surface area contributed by atoms with Gasteiger partial charge in [0, 0.05) is 32.5 Å². The molecule has 0 bridgehead atoms. The zero-order valence-corrected chi connectivity index (χ0v) is 14.9. The molecule has 0 unspecified atom stereocenters. The zero-order valence-electron chi connectivity index (χ0n) is 14.9. The normalized spacial score (nSPS) is 17.8. The van der Waals surface area contributed by atoms with Crippen LogP contribution in [0.15, 0.2) is 45.9 Å². The Labute approximate surface area is 151 Å². The first-order valence-electron chi connectivity index (χ1n) is 9.09. The van der Waals surface area contributed by atoms with Crippen LogP contribution in [-0.2, 0) is 13.6 Å². The fourth-order valence-electron chi connectivity index (χ4n) is 3.83. The van der Waals surface area contributed by atoms with Crippen molar-refractivity contribution in [2.45, 2.75) is 25.5 Å². The Morgan fingerprint density at radius 1 is 1.27 bits per heavy atom. The molecule has 0 radical (unpaired) electrons. The number of oxazole rings is 1. The highest BCUT2D eigenvalue weighted by molar-refractivity contribution is 5.72. The predicted octanol–water partition coefficient (Wildman–Crippen LogP) is 1.77. The molecule has 1 aliphatic heterocycles. The van der Waals surface area contributed by atoms with Crippen LogP contribution in [0.2, 0.25) is 0 Å². The van der Waals surface area contributed by atoms with Gasteiger partial charge in [0.05, 0.1) is 5.52 Å². The highest BCUT2D eigenvalue weighted by atomic mass is 16.4. The molecular weight excluding hydrogens is 332 g/mol. The van der Waals surface area contributed by atoms with Crippen molar-refractivity contribution in [3.05, 3.63) is 53.0 Å². The molecule has 138 valence electrons. The molecule has 3 heterocycles. The number of para-hydroxylation sites is 2. The van der Waals surface area contributed by atoms with Crippen molar-refractivity contribution >= 4 is 11.1 Å². The third-order valence-corrected chi connectivity index (χ3v) is 5.42. The van der Waals surface area contributed by atoms with Gasteiger partial charge >= 0.3 is 5.76 Å². The Bertz CT molecular complexity index is 934. The third kappa shape index (κ3) is 3.20. The predicted molar refractivity (Wildman–Crippen MR) is 97.8 cm³/mol. The molecule has 0 aliphatic carbocycles. The summed E-state index contributed by atoms with van der Waals surface area (Å²) in [6.45, 7) is 3.24. The fourth-order valence-corrected chi connectivity index (χ4v) is 3.83. The Hall–Kier alpha value is -2.38. The Kier molecular flexibility index (Phi) is 4.65. The molecule has 1 aromatic carbocycles. The number of nitrogens with zero attached hydrogens (tertiary/aromatic N) is 4. The van der Waals surface area contributed by atoms with E-state index in [9.17, 15) is 9.90 Å². The lowest BCUT2D eigenvalue weighted by atomic mass is 9.90. The number of aliphatic hydroxyl groups is 1. The van der Waals surface area contributed by atoms with Gasteiger partial charge in [0.1, 0.15) is 11.9 Å². The fraction of sp³-hybridized carbons (Fsp3) is 0.474. The van der Waals surface area contributed by atoms with E-state index in [1.54, 1.807) is 10.8 Å². The minimum Gasteiger partial charge on any atom is -0.408 e. The van der Waals surface area contributed by atoms with Crippen LogP contribution in [0.3, 0.4) is 0 Å². The number of aromatic nitrogens is 3. The minimum absolute atomic E-state index is 0.227. The largest absolute Gasteiger partial charge is 0.419 e. The van der Waals surface area contributed by atoms with Crippen LogP contribution in [-0.4, -0.2) is 43.8 Å². The number of piperidine rings is 1. The molecule has 1 saturated heterocycles. The van der Waals surface area contributed by atoms with E-state index in [1.165, 1.54) is 0 Å². The van der Waals surface area contributed by atoms with E-state index in [1.807, 2.05) is 42.1 Å². The zero-order chi connectivity index (χ0) is 18.1. The van der Waals surface area contributed by atoms with Crippen LogP contribution in [0, 0.1) is 5.92 Å². The average molecular weight is 356 g/mol. The SMILES string of the molecule is Cn1ccnc1[C@H](O)C1CCN(CCn2c(=O)oc3ccccc32)CC1. The number of hydrogen-bond donors (Lipinski definition) is 1. The summed E-state index contributed by atoms with van der Waals surface area (Å²) in [5, 5.41) is 10.6. The highest BCUT2D eigenvalue weighted by Gasteiger charge is 2.28. The summed E-state index contributed by atoms with van der Waals surface area (Å²) in [5.74, 6) is 0.663. The summed E-state index contributed by atoms with van der Waals surface area (Å²) < 4.78 is 8.87. The van der Waals surface area contributed by atoms with Crippen LogP contribution in [0.4, 0.5) is 0 Å². The summed E-state index contributed by atoms with van der Waals surface area (Å²) in [6.07, 6.45) is 4.92. The minimum atomic E-state index is -0.516. The lowest BCUT2D eigenvalue weighted by molar-refractivity contribution is 0.0503. The molecule has 0 amide bonds. The van der Waals surface area contributed by atoms with Crippen molar-refractivity contribution < 1.29 is 9.52 Å². The highest BCUT2D eigenvalue weighted by Crippen LogP contribution is 2.29. The molecule has 4 rings (SSSR count). The van der Waals surface area contributed by atoms with Gasteiger partial charge in [0.15, 0.2) is 5.58 Å². The van der Waals surface area contributed by atoms with Crippen molar-refractivity contribution in [1.82, 2.24) is 19.0 Å². The monoisotopic (exact) mass is 356 g/mol. The van der Waals surface area contributed by atoms with Crippen LogP contribution >= 0.6 is 0 Å². The first kappa shape index (κ1) is 17.1. The number of fused-ring (bicyclic) bond motifs is 1. The molecule has 0 spiro atoms. The molecule has 26 heavy (non-hydrogen) atoms. The summed E-state index contributed by atoms with van der Waals surface area (Å²) >= 11 is 0. The second kappa shape index (κ2) is 7.09. The topological polar surface area (TPSA) is 76.4 Å². The van der Waals surface area contributed by atoms with E-state index >= 15 is 0 Å². The number of aliphatic hydroxyl groups excluding tert-OH is 1. The smallest absolute Gasteiger partial charge is 0.408 e. The van der Waals surface area contributed by atoms with Gasteiger partial charge in [-0.25, -0.2) is 9.78 Å². The van der Waals surface area contributed by atoms with E-state index in [2.05, 4.69) is 9.88 Å². The summed E-state index contributed by atoms with van der Waals surface area (Å²) in [4.78, 5) is 18.7. The molecule has 7 heteroatoms.